The van der Waals surface area contributed by atoms with E-state index < -0.39 is 9.90 Å². The van der Waals surface area contributed by atoms with Crippen LogP contribution in [0.3, 0.4) is 0 Å². The summed E-state index contributed by atoms with van der Waals surface area (Å²) in [6, 6.07) is 7.08. The molecule has 2 unspecified atom stereocenters. The molecule has 2 aromatic rings. The van der Waals surface area contributed by atoms with Crippen LogP contribution in [0.4, 0.5) is 0 Å². The standard InChI is InChI=1S/C14H16Cl3NO2/c1-2-18-11(8-14(15,16)17)13(19)10-4-3-9-5-6-20-12(9)7-10/h3-7,11,13,18-19H,2,8H2,1H3. The number of aliphatic hydroxyl groups excluding tert-OH is 1. The second-order valence-electron chi connectivity index (χ2n) is 4.65. The monoisotopic (exact) mass is 335 g/mol. The summed E-state index contributed by atoms with van der Waals surface area (Å²) in [6.45, 7) is 2.61. The van der Waals surface area contributed by atoms with Crippen molar-refractivity contribution in [2.75, 3.05) is 6.54 Å². The van der Waals surface area contributed by atoms with Gasteiger partial charge in [-0.15, -0.1) is 0 Å². The fourth-order valence-corrected chi connectivity index (χ4v) is 2.69. The molecule has 20 heavy (non-hydrogen) atoms. The maximum Gasteiger partial charge on any atom is 0.192 e. The van der Waals surface area contributed by atoms with Crippen LogP contribution in [0.25, 0.3) is 11.0 Å². The smallest absolute Gasteiger partial charge is 0.192 e. The van der Waals surface area contributed by atoms with Gasteiger partial charge in [-0.25, -0.2) is 0 Å². The minimum absolute atomic E-state index is 0.211. The zero-order valence-corrected chi connectivity index (χ0v) is 13.2. The van der Waals surface area contributed by atoms with Gasteiger partial charge < -0.3 is 14.8 Å². The fraction of sp³-hybridized carbons (Fsp3) is 0.429. The number of rotatable bonds is 5. The largest absolute Gasteiger partial charge is 0.464 e. The van der Waals surface area contributed by atoms with E-state index in [4.69, 9.17) is 39.2 Å². The van der Waals surface area contributed by atoms with Crippen LogP contribution in [-0.2, 0) is 0 Å². The molecule has 0 saturated heterocycles. The molecule has 0 spiro atoms. The van der Waals surface area contributed by atoms with E-state index >= 15 is 0 Å². The third-order valence-electron chi connectivity index (χ3n) is 3.12. The van der Waals surface area contributed by atoms with Crippen molar-refractivity contribution in [3.8, 4) is 0 Å². The molecule has 0 aliphatic carbocycles. The molecule has 6 heteroatoms. The van der Waals surface area contributed by atoms with Gasteiger partial charge >= 0.3 is 0 Å². The molecule has 1 heterocycles. The first-order valence-corrected chi connectivity index (χ1v) is 7.49. The molecule has 2 N–H and O–H groups in total. The van der Waals surface area contributed by atoms with Crippen molar-refractivity contribution in [3.05, 3.63) is 36.1 Å². The highest BCUT2D eigenvalue weighted by Gasteiger charge is 2.30. The van der Waals surface area contributed by atoms with Crippen molar-refractivity contribution in [1.82, 2.24) is 5.32 Å². The molecule has 0 aliphatic rings. The number of hydrogen-bond acceptors (Lipinski definition) is 3. The molecule has 0 saturated carbocycles. The van der Waals surface area contributed by atoms with Crippen molar-refractivity contribution in [1.29, 1.82) is 0 Å². The summed E-state index contributed by atoms with van der Waals surface area (Å²) >= 11 is 17.5. The number of furan rings is 1. The minimum atomic E-state index is -1.41. The Hall–Kier alpha value is -0.450. The highest BCUT2D eigenvalue weighted by molar-refractivity contribution is 6.67. The number of nitrogens with one attached hydrogen (secondary N) is 1. The van der Waals surface area contributed by atoms with Gasteiger partial charge in [0.05, 0.1) is 12.4 Å². The Labute approximate surface area is 132 Å². The first-order valence-electron chi connectivity index (χ1n) is 6.36. The van der Waals surface area contributed by atoms with Crippen molar-refractivity contribution in [2.24, 2.45) is 0 Å². The van der Waals surface area contributed by atoms with Crippen molar-refractivity contribution in [2.45, 2.75) is 29.3 Å². The summed E-state index contributed by atoms with van der Waals surface area (Å²) in [7, 11) is 0. The van der Waals surface area contributed by atoms with E-state index in [1.165, 1.54) is 0 Å². The summed E-state index contributed by atoms with van der Waals surface area (Å²) in [6.07, 6.45) is 1.05. The average molecular weight is 337 g/mol. The van der Waals surface area contributed by atoms with Gasteiger partial charge in [-0.2, -0.15) is 0 Å². The Balaban J connectivity index is 2.22. The molecule has 110 valence electrons. The Bertz CT molecular complexity index is 565. The first-order chi connectivity index (χ1) is 9.40. The van der Waals surface area contributed by atoms with Crippen LogP contribution < -0.4 is 5.32 Å². The molecule has 3 nitrogen and oxygen atoms in total. The predicted octanol–water partition coefficient (Wildman–Crippen LogP) is 4.20. The average Bonchev–Trinajstić information content (AvgIpc) is 2.83. The van der Waals surface area contributed by atoms with Gasteiger partial charge in [-0.05, 0) is 24.2 Å². The summed E-state index contributed by atoms with van der Waals surface area (Å²) < 4.78 is 3.93. The normalized spacial score (nSPS) is 15.4. The highest BCUT2D eigenvalue weighted by atomic mass is 35.6. The Morgan fingerprint density at radius 1 is 1.30 bits per heavy atom. The molecule has 1 aromatic heterocycles. The minimum Gasteiger partial charge on any atom is -0.464 e. The van der Waals surface area contributed by atoms with Gasteiger partial charge in [0.25, 0.3) is 0 Å². The van der Waals surface area contributed by atoms with Crippen LogP contribution >= 0.6 is 34.8 Å². The van der Waals surface area contributed by atoms with Crippen LogP contribution in [0.5, 0.6) is 0 Å². The zero-order valence-electron chi connectivity index (χ0n) is 10.9. The predicted molar refractivity (Wildman–Crippen MR) is 83.5 cm³/mol. The van der Waals surface area contributed by atoms with E-state index in [9.17, 15) is 5.11 Å². The summed E-state index contributed by atoms with van der Waals surface area (Å²) in [5.41, 5.74) is 1.46. The van der Waals surface area contributed by atoms with Gasteiger partial charge in [-0.1, -0.05) is 53.9 Å². The second kappa shape index (κ2) is 6.54. The Morgan fingerprint density at radius 2 is 2.05 bits per heavy atom. The lowest BCUT2D eigenvalue weighted by molar-refractivity contribution is 0.125. The molecule has 0 fully saturated rings. The molecule has 2 rings (SSSR count). The topological polar surface area (TPSA) is 45.4 Å². The second-order valence-corrected chi connectivity index (χ2v) is 7.16. The van der Waals surface area contributed by atoms with E-state index in [1.807, 2.05) is 31.2 Å². The maximum atomic E-state index is 10.5. The van der Waals surface area contributed by atoms with Gasteiger partial charge in [-0.3, -0.25) is 0 Å². The number of fused-ring (bicyclic) bond motifs is 1. The highest BCUT2D eigenvalue weighted by Crippen LogP contribution is 2.35. The summed E-state index contributed by atoms with van der Waals surface area (Å²) in [4.78, 5) is 0. The van der Waals surface area contributed by atoms with Gasteiger partial charge in [0, 0.05) is 17.8 Å². The van der Waals surface area contributed by atoms with E-state index in [0.717, 1.165) is 16.5 Å². The quantitative estimate of drug-likeness (QED) is 0.804. The molecular formula is C14H16Cl3NO2. The number of alkyl halides is 3. The van der Waals surface area contributed by atoms with Crippen molar-refractivity contribution < 1.29 is 9.52 Å². The Kier molecular flexibility index (Phi) is 5.21. The van der Waals surface area contributed by atoms with E-state index in [2.05, 4.69) is 5.32 Å². The van der Waals surface area contributed by atoms with Crippen LogP contribution in [-0.4, -0.2) is 21.5 Å². The third kappa shape index (κ3) is 4.03. The van der Waals surface area contributed by atoms with E-state index in [1.54, 1.807) is 6.26 Å². The van der Waals surface area contributed by atoms with Crippen LogP contribution in [0.1, 0.15) is 25.0 Å². The number of likely N-dealkylation sites (N-methyl/N-ethyl adjacent to an activating group) is 1. The fourth-order valence-electron chi connectivity index (χ4n) is 2.19. The van der Waals surface area contributed by atoms with Gasteiger partial charge in [0.2, 0.25) is 0 Å². The van der Waals surface area contributed by atoms with E-state index in [0.29, 0.717) is 6.54 Å². The lowest BCUT2D eigenvalue weighted by atomic mass is 9.99. The molecule has 0 radical (unpaired) electrons. The van der Waals surface area contributed by atoms with Crippen molar-refractivity contribution >= 4 is 45.8 Å². The zero-order chi connectivity index (χ0) is 14.8. The lowest BCUT2D eigenvalue weighted by Gasteiger charge is -2.27. The molecule has 2 atom stereocenters. The number of benzene rings is 1. The summed E-state index contributed by atoms with van der Waals surface area (Å²) in [5, 5.41) is 14.6. The third-order valence-corrected chi connectivity index (χ3v) is 3.58. The van der Waals surface area contributed by atoms with Crippen molar-refractivity contribution in [3.63, 3.8) is 0 Å². The molecule has 0 amide bonds. The SMILES string of the molecule is CCNC(CC(Cl)(Cl)Cl)C(O)c1ccc2ccoc2c1. The summed E-state index contributed by atoms with van der Waals surface area (Å²) in [5.74, 6) is 0. The number of halogens is 3. The molecule has 0 bridgehead atoms. The van der Waals surface area contributed by atoms with Crippen LogP contribution in [0.15, 0.2) is 34.9 Å². The number of aliphatic hydroxyl groups is 1. The molecule has 0 aliphatic heterocycles. The van der Waals surface area contributed by atoms with Gasteiger partial charge in [0.15, 0.2) is 3.79 Å². The first kappa shape index (κ1) is 15.9. The maximum absolute atomic E-state index is 10.5. The van der Waals surface area contributed by atoms with Crippen LogP contribution in [0, 0.1) is 0 Å². The molecular weight excluding hydrogens is 321 g/mol. The van der Waals surface area contributed by atoms with E-state index in [-0.39, 0.29) is 12.5 Å². The van der Waals surface area contributed by atoms with Gasteiger partial charge in [0.1, 0.15) is 5.58 Å². The lowest BCUT2D eigenvalue weighted by Crippen LogP contribution is -2.38. The van der Waals surface area contributed by atoms with Crippen LogP contribution in [0.2, 0.25) is 0 Å². The Morgan fingerprint density at radius 3 is 2.70 bits per heavy atom. The number of hydrogen-bond donors (Lipinski definition) is 2. The molecule has 1 aromatic carbocycles.